The first kappa shape index (κ1) is 20.5. The molecule has 4 fully saturated rings. The lowest BCUT2D eigenvalue weighted by atomic mass is 9.82. The molecular weight excluding hydrogens is 352 g/mol. The lowest BCUT2D eigenvalue weighted by Gasteiger charge is -2.33. The summed E-state index contributed by atoms with van der Waals surface area (Å²) >= 11 is 0. The molecule has 158 valence electrons. The van der Waals surface area contributed by atoms with Crippen LogP contribution in [0.1, 0.15) is 51.4 Å². The van der Waals surface area contributed by atoms with Crippen LogP contribution in [-0.2, 0) is 4.84 Å². The van der Waals surface area contributed by atoms with Crippen molar-refractivity contribution in [1.29, 1.82) is 5.26 Å². The largest absolute Gasteiger partial charge is 0.331 e. The van der Waals surface area contributed by atoms with Gasteiger partial charge in [0.1, 0.15) is 12.2 Å². The Morgan fingerprint density at radius 3 is 2.82 bits per heavy atom. The first-order chi connectivity index (χ1) is 13.6. The minimum atomic E-state index is 0.129. The molecule has 0 radical (unpaired) electrons. The summed E-state index contributed by atoms with van der Waals surface area (Å²) in [6.07, 6.45) is 10.8. The number of nitrogens with zero attached hydrogens (tertiary/aromatic N) is 2. The summed E-state index contributed by atoms with van der Waals surface area (Å²) < 4.78 is 0. The maximum absolute atomic E-state index is 9.29. The number of hydroxylamine groups is 1. The maximum atomic E-state index is 9.29. The van der Waals surface area contributed by atoms with Gasteiger partial charge in [-0.15, -0.1) is 0 Å². The minimum absolute atomic E-state index is 0.129. The van der Waals surface area contributed by atoms with Crippen molar-refractivity contribution < 1.29 is 15.1 Å². The third kappa shape index (κ3) is 4.69. The fourth-order valence-corrected chi connectivity index (χ4v) is 6.07. The Balaban J connectivity index is 1.27. The fraction of sp³-hybridized carbons (Fsp3) is 0.952. The summed E-state index contributed by atoms with van der Waals surface area (Å²) in [5, 5.41) is 15.6. The van der Waals surface area contributed by atoms with Gasteiger partial charge in [-0.3, -0.25) is 15.1 Å². The third-order valence-corrected chi connectivity index (χ3v) is 7.76. The average Bonchev–Trinajstić information content (AvgIpc) is 3.37. The van der Waals surface area contributed by atoms with Gasteiger partial charge < -0.3 is 10.2 Å². The van der Waals surface area contributed by atoms with E-state index < -0.39 is 0 Å². The summed E-state index contributed by atoms with van der Waals surface area (Å²) in [5.41, 5.74) is 3.34. The predicted molar refractivity (Wildman–Crippen MR) is 107 cm³/mol. The van der Waals surface area contributed by atoms with Crippen LogP contribution in [0.25, 0.3) is 0 Å². The number of likely N-dealkylation sites (tertiary alicyclic amines) is 1. The average molecular weight is 393 g/mol. The SMILES string of the molecule is CN(C)C1CCC(C2NOC(C3CCC[NH+]3CC3CCCC(C#N)C3)N2)C[NH2+]1. The van der Waals surface area contributed by atoms with Crippen LogP contribution in [0.4, 0.5) is 0 Å². The number of hydrogen-bond donors (Lipinski definition) is 4. The van der Waals surface area contributed by atoms with E-state index in [1.54, 1.807) is 4.90 Å². The van der Waals surface area contributed by atoms with E-state index in [1.165, 1.54) is 51.6 Å². The van der Waals surface area contributed by atoms with E-state index >= 15 is 0 Å². The van der Waals surface area contributed by atoms with E-state index in [2.05, 4.69) is 41.2 Å². The van der Waals surface area contributed by atoms with Gasteiger partial charge in [-0.05, 0) is 39.8 Å². The monoisotopic (exact) mass is 392 g/mol. The van der Waals surface area contributed by atoms with E-state index in [4.69, 9.17) is 4.84 Å². The van der Waals surface area contributed by atoms with Gasteiger partial charge in [-0.1, -0.05) is 6.42 Å². The molecule has 0 spiro atoms. The van der Waals surface area contributed by atoms with Crippen molar-refractivity contribution in [2.75, 3.05) is 33.7 Å². The summed E-state index contributed by atoms with van der Waals surface area (Å²) in [4.78, 5) is 10.1. The summed E-state index contributed by atoms with van der Waals surface area (Å²) in [6, 6.07) is 3.06. The van der Waals surface area contributed by atoms with Crippen LogP contribution in [0.2, 0.25) is 0 Å². The lowest BCUT2D eigenvalue weighted by Crippen LogP contribution is -3.15. The van der Waals surface area contributed by atoms with Gasteiger partial charge in [0.05, 0.1) is 31.9 Å². The number of quaternary nitrogens is 2. The van der Waals surface area contributed by atoms with Crippen LogP contribution in [0.3, 0.4) is 0 Å². The zero-order valence-electron chi connectivity index (χ0n) is 17.7. The molecule has 0 amide bonds. The van der Waals surface area contributed by atoms with E-state index in [9.17, 15) is 5.26 Å². The molecule has 3 heterocycles. The molecule has 4 aliphatic rings. The standard InChI is InChI=1S/C21H38N6O/c1-26(2)19-9-8-17(13-23-19)20-24-21(28-25-20)18-7-4-10-27(18)14-16-6-3-5-15(11-16)12-22/h15-21,23-25H,3-11,13-14H2,1-2H3/p+2. The van der Waals surface area contributed by atoms with Crippen molar-refractivity contribution in [2.45, 2.75) is 76.0 Å². The second-order valence-corrected chi connectivity index (χ2v) is 9.86. The third-order valence-electron chi connectivity index (χ3n) is 7.76. The molecule has 7 heteroatoms. The number of nitriles is 1. The molecule has 3 aliphatic heterocycles. The molecule has 1 aliphatic carbocycles. The van der Waals surface area contributed by atoms with Gasteiger partial charge in [0.2, 0.25) is 0 Å². The Hall–Kier alpha value is -0.750. The highest BCUT2D eigenvalue weighted by molar-refractivity contribution is 4.88. The number of nitrogens with one attached hydrogen (secondary N) is 3. The first-order valence-corrected chi connectivity index (χ1v) is 11.5. The Kier molecular flexibility index (Phi) is 6.87. The topological polar surface area (TPSA) is 81.4 Å². The number of hydrogen-bond acceptors (Lipinski definition) is 5. The first-order valence-electron chi connectivity index (χ1n) is 11.5. The van der Waals surface area contributed by atoms with Gasteiger partial charge in [-0.25, -0.2) is 0 Å². The van der Waals surface area contributed by atoms with Crippen molar-refractivity contribution in [2.24, 2.45) is 17.8 Å². The molecule has 4 rings (SSSR count). The number of nitrogens with two attached hydrogens (primary N) is 1. The number of piperidine rings is 1. The van der Waals surface area contributed by atoms with E-state index in [1.807, 2.05) is 0 Å². The van der Waals surface area contributed by atoms with Gasteiger partial charge in [-0.2, -0.15) is 10.7 Å². The van der Waals surface area contributed by atoms with Crippen LogP contribution in [-0.4, -0.2) is 63.2 Å². The highest BCUT2D eigenvalue weighted by Gasteiger charge is 2.44. The smallest absolute Gasteiger partial charge is 0.183 e. The van der Waals surface area contributed by atoms with Gasteiger partial charge in [0, 0.05) is 37.0 Å². The molecule has 8 unspecified atom stereocenters. The molecule has 28 heavy (non-hydrogen) atoms. The summed E-state index contributed by atoms with van der Waals surface area (Å²) in [7, 11) is 4.35. The summed E-state index contributed by atoms with van der Waals surface area (Å²) in [5.74, 6) is 1.63. The Labute approximate surface area is 170 Å². The molecule has 3 saturated heterocycles. The quantitative estimate of drug-likeness (QED) is 0.483. The predicted octanol–water partition coefficient (Wildman–Crippen LogP) is -0.999. The zero-order valence-corrected chi connectivity index (χ0v) is 17.7. The minimum Gasteiger partial charge on any atom is -0.331 e. The highest BCUT2D eigenvalue weighted by atomic mass is 16.7. The normalized spacial score (nSPS) is 44.6. The molecule has 0 aromatic heterocycles. The molecule has 1 saturated carbocycles. The van der Waals surface area contributed by atoms with Crippen molar-refractivity contribution in [3.8, 4) is 6.07 Å². The second-order valence-electron chi connectivity index (χ2n) is 9.86. The fourth-order valence-electron chi connectivity index (χ4n) is 6.07. The highest BCUT2D eigenvalue weighted by Crippen LogP contribution is 2.28. The van der Waals surface area contributed by atoms with Gasteiger partial charge >= 0.3 is 0 Å². The van der Waals surface area contributed by atoms with Crippen LogP contribution in [0.15, 0.2) is 0 Å². The Morgan fingerprint density at radius 1 is 1.18 bits per heavy atom. The Bertz CT molecular complexity index is 544. The van der Waals surface area contributed by atoms with Gasteiger partial charge in [0.15, 0.2) is 6.23 Å². The summed E-state index contributed by atoms with van der Waals surface area (Å²) in [6.45, 7) is 3.63. The van der Waals surface area contributed by atoms with E-state index in [-0.39, 0.29) is 12.4 Å². The molecule has 0 bridgehead atoms. The van der Waals surface area contributed by atoms with Crippen molar-refractivity contribution in [3.63, 3.8) is 0 Å². The Morgan fingerprint density at radius 2 is 2.07 bits per heavy atom. The molecule has 0 aromatic rings. The van der Waals surface area contributed by atoms with Crippen LogP contribution in [0.5, 0.6) is 0 Å². The zero-order chi connectivity index (χ0) is 19.5. The van der Waals surface area contributed by atoms with E-state index in [0.717, 1.165) is 25.3 Å². The molecule has 0 aromatic carbocycles. The molecule has 8 atom stereocenters. The van der Waals surface area contributed by atoms with Crippen molar-refractivity contribution in [3.05, 3.63) is 0 Å². The maximum Gasteiger partial charge on any atom is 0.183 e. The molecule has 7 nitrogen and oxygen atoms in total. The lowest BCUT2D eigenvalue weighted by molar-refractivity contribution is -0.919. The van der Waals surface area contributed by atoms with Crippen molar-refractivity contribution >= 4 is 0 Å². The van der Waals surface area contributed by atoms with Gasteiger partial charge in [0.25, 0.3) is 0 Å². The van der Waals surface area contributed by atoms with Crippen LogP contribution < -0.4 is 21.0 Å². The second kappa shape index (κ2) is 9.38. The molecule has 5 N–H and O–H groups in total. The molecular formula is C21H40N6O+2. The van der Waals surface area contributed by atoms with Crippen molar-refractivity contribution in [1.82, 2.24) is 15.7 Å². The number of rotatable bonds is 5. The van der Waals surface area contributed by atoms with E-state index in [0.29, 0.717) is 24.0 Å². The van der Waals surface area contributed by atoms with Crippen LogP contribution >= 0.6 is 0 Å². The van der Waals surface area contributed by atoms with Crippen LogP contribution in [0, 0.1) is 29.1 Å².